The van der Waals surface area contributed by atoms with Crippen LogP contribution >= 0.6 is 11.6 Å². The zero-order valence-electron chi connectivity index (χ0n) is 15.6. The summed E-state index contributed by atoms with van der Waals surface area (Å²) in [6.45, 7) is 1.85. The molecule has 0 saturated heterocycles. The number of hydrogen-bond donors (Lipinski definition) is 0. The number of methoxy groups -OCH3 is 1. The van der Waals surface area contributed by atoms with E-state index in [1.807, 2.05) is 12.1 Å². The molecule has 2 aromatic carbocycles. The van der Waals surface area contributed by atoms with Crippen molar-refractivity contribution in [2.75, 3.05) is 13.7 Å². The summed E-state index contributed by atoms with van der Waals surface area (Å²) in [5.41, 5.74) is 2.15. The van der Waals surface area contributed by atoms with Crippen LogP contribution in [0.15, 0.2) is 48.5 Å². The van der Waals surface area contributed by atoms with Crippen molar-refractivity contribution in [2.45, 2.75) is 19.3 Å². The van der Waals surface area contributed by atoms with E-state index in [1.165, 1.54) is 18.2 Å². The van der Waals surface area contributed by atoms with Gasteiger partial charge in [-0.25, -0.2) is 4.39 Å². The molecule has 2 atom stereocenters. The predicted molar refractivity (Wildman–Crippen MR) is 105 cm³/mol. The first-order valence-corrected chi connectivity index (χ1v) is 9.32. The van der Waals surface area contributed by atoms with Gasteiger partial charge in [0.15, 0.2) is 5.78 Å². The Morgan fingerprint density at radius 3 is 2.54 bits per heavy atom. The van der Waals surface area contributed by atoms with Crippen LogP contribution in [0.4, 0.5) is 4.39 Å². The summed E-state index contributed by atoms with van der Waals surface area (Å²) in [5.74, 6) is -2.39. The topological polar surface area (TPSA) is 52.6 Å². The van der Waals surface area contributed by atoms with Gasteiger partial charge in [0, 0.05) is 5.92 Å². The van der Waals surface area contributed by atoms with E-state index in [0.29, 0.717) is 17.7 Å². The third-order valence-corrected chi connectivity index (χ3v) is 5.14. The van der Waals surface area contributed by atoms with E-state index in [9.17, 15) is 14.0 Å². The lowest BCUT2D eigenvalue weighted by Crippen LogP contribution is -2.34. The first-order valence-electron chi connectivity index (χ1n) is 8.95. The van der Waals surface area contributed by atoms with Crippen molar-refractivity contribution in [1.29, 1.82) is 0 Å². The normalized spacial score (nSPS) is 19.1. The SMILES string of the molecule is CCOC(=O)[C@H]1C(=O)C=C(c2ccc(OC)cc2)C[C@H]1c1ccc(Cl)c(F)c1. The van der Waals surface area contributed by atoms with Crippen LogP contribution in [0.1, 0.15) is 30.4 Å². The van der Waals surface area contributed by atoms with Gasteiger partial charge in [0.1, 0.15) is 17.5 Å². The Hall–Kier alpha value is -2.66. The summed E-state index contributed by atoms with van der Waals surface area (Å²) < 4.78 is 24.3. The molecule has 0 aliphatic heterocycles. The Morgan fingerprint density at radius 1 is 1.21 bits per heavy atom. The van der Waals surface area contributed by atoms with Crippen LogP contribution in [0.3, 0.4) is 0 Å². The maximum atomic E-state index is 14.0. The van der Waals surface area contributed by atoms with Gasteiger partial charge in [-0.1, -0.05) is 29.8 Å². The van der Waals surface area contributed by atoms with Crippen molar-refractivity contribution in [3.05, 3.63) is 70.5 Å². The summed E-state index contributed by atoms with van der Waals surface area (Å²) in [6.07, 6.45) is 1.87. The summed E-state index contributed by atoms with van der Waals surface area (Å²) in [4.78, 5) is 25.3. The van der Waals surface area contributed by atoms with Crippen molar-refractivity contribution in [3.63, 3.8) is 0 Å². The maximum Gasteiger partial charge on any atom is 0.317 e. The van der Waals surface area contributed by atoms with Gasteiger partial charge in [-0.2, -0.15) is 0 Å². The van der Waals surface area contributed by atoms with Gasteiger partial charge in [0.25, 0.3) is 0 Å². The molecule has 3 rings (SSSR count). The van der Waals surface area contributed by atoms with Gasteiger partial charge in [-0.3, -0.25) is 9.59 Å². The van der Waals surface area contributed by atoms with E-state index < -0.39 is 23.6 Å². The lowest BCUT2D eigenvalue weighted by Gasteiger charge is -2.29. The molecule has 0 amide bonds. The molecule has 0 radical (unpaired) electrons. The second-order valence-corrected chi connectivity index (χ2v) is 6.92. The molecule has 1 aliphatic rings. The minimum Gasteiger partial charge on any atom is -0.497 e. The quantitative estimate of drug-likeness (QED) is 0.532. The molecule has 0 saturated carbocycles. The van der Waals surface area contributed by atoms with Gasteiger partial charge in [0.2, 0.25) is 0 Å². The highest BCUT2D eigenvalue weighted by Crippen LogP contribution is 2.41. The number of benzene rings is 2. The summed E-state index contributed by atoms with van der Waals surface area (Å²) in [5, 5.41) is -0.00973. The zero-order chi connectivity index (χ0) is 20.3. The Morgan fingerprint density at radius 2 is 1.93 bits per heavy atom. The van der Waals surface area contributed by atoms with Gasteiger partial charge in [-0.15, -0.1) is 0 Å². The van der Waals surface area contributed by atoms with Crippen LogP contribution < -0.4 is 4.74 Å². The fraction of sp³-hybridized carbons (Fsp3) is 0.273. The highest BCUT2D eigenvalue weighted by Gasteiger charge is 2.40. The fourth-order valence-electron chi connectivity index (χ4n) is 3.45. The molecular formula is C22H20ClFO4. The standard InChI is InChI=1S/C22H20ClFO4/c1-3-28-22(26)21-17(14-6-9-18(23)19(24)11-14)10-15(12-20(21)25)13-4-7-16(27-2)8-5-13/h4-9,11-12,17,21H,3,10H2,1-2H3/t17-,21+/m0/s1. The Balaban J connectivity index is 2.02. The summed E-state index contributed by atoms with van der Waals surface area (Å²) >= 11 is 5.79. The minimum absolute atomic E-state index is 0.00973. The first-order chi connectivity index (χ1) is 13.4. The van der Waals surface area contributed by atoms with E-state index in [4.69, 9.17) is 21.1 Å². The molecule has 2 aromatic rings. The molecule has 0 N–H and O–H groups in total. The Kier molecular flexibility index (Phi) is 6.15. The van der Waals surface area contributed by atoms with Gasteiger partial charge < -0.3 is 9.47 Å². The number of carbonyl (C=O) groups excluding carboxylic acids is 2. The number of ether oxygens (including phenoxy) is 2. The summed E-state index contributed by atoms with van der Waals surface area (Å²) in [6, 6.07) is 11.7. The summed E-state index contributed by atoms with van der Waals surface area (Å²) in [7, 11) is 1.58. The molecule has 0 bridgehead atoms. The number of rotatable bonds is 5. The molecule has 6 heteroatoms. The smallest absolute Gasteiger partial charge is 0.317 e. The zero-order valence-corrected chi connectivity index (χ0v) is 16.3. The van der Waals surface area contributed by atoms with E-state index in [-0.39, 0.29) is 17.4 Å². The van der Waals surface area contributed by atoms with Crippen LogP contribution in [-0.4, -0.2) is 25.5 Å². The minimum atomic E-state index is -1.01. The number of esters is 1. The molecule has 0 unspecified atom stereocenters. The maximum absolute atomic E-state index is 14.0. The van der Waals surface area contributed by atoms with Gasteiger partial charge in [-0.05, 0) is 60.4 Å². The highest BCUT2D eigenvalue weighted by molar-refractivity contribution is 6.30. The third kappa shape index (κ3) is 4.09. The average molecular weight is 403 g/mol. The average Bonchev–Trinajstić information content (AvgIpc) is 2.69. The number of allylic oxidation sites excluding steroid dienone is 2. The molecule has 28 heavy (non-hydrogen) atoms. The molecule has 0 spiro atoms. The Labute approximate surface area is 167 Å². The fourth-order valence-corrected chi connectivity index (χ4v) is 3.56. The van der Waals surface area contributed by atoms with Crippen LogP contribution in [-0.2, 0) is 14.3 Å². The molecular weight excluding hydrogens is 383 g/mol. The van der Waals surface area contributed by atoms with Crippen molar-refractivity contribution >= 4 is 28.9 Å². The van der Waals surface area contributed by atoms with Crippen LogP contribution in [0.2, 0.25) is 5.02 Å². The molecule has 1 aliphatic carbocycles. The number of halogens is 2. The van der Waals surface area contributed by atoms with Crippen LogP contribution in [0.5, 0.6) is 5.75 Å². The number of hydrogen-bond acceptors (Lipinski definition) is 4. The second kappa shape index (κ2) is 8.57. The molecule has 0 heterocycles. The number of ketones is 1. The van der Waals surface area contributed by atoms with Crippen molar-refractivity contribution in [3.8, 4) is 5.75 Å². The van der Waals surface area contributed by atoms with E-state index in [1.54, 1.807) is 32.2 Å². The Bertz CT molecular complexity index is 921. The molecule has 0 aromatic heterocycles. The lowest BCUT2D eigenvalue weighted by atomic mass is 9.73. The third-order valence-electron chi connectivity index (χ3n) is 4.84. The molecule has 0 fully saturated rings. The highest BCUT2D eigenvalue weighted by atomic mass is 35.5. The van der Waals surface area contributed by atoms with Crippen molar-refractivity contribution < 1.29 is 23.5 Å². The first kappa shape index (κ1) is 20.1. The van der Waals surface area contributed by atoms with Gasteiger partial charge in [0.05, 0.1) is 18.7 Å². The lowest BCUT2D eigenvalue weighted by molar-refractivity contribution is -0.151. The molecule has 4 nitrogen and oxygen atoms in total. The van der Waals surface area contributed by atoms with Crippen LogP contribution in [0, 0.1) is 11.7 Å². The molecule has 146 valence electrons. The van der Waals surface area contributed by atoms with E-state index >= 15 is 0 Å². The van der Waals surface area contributed by atoms with E-state index in [2.05, 4.69) is 0 Å². The monoisotopic (exact) mass is 402 g/mol. The predicted octanol–water partition coefficient (Wildman–Crippen LogP) is 4.81. The van der Waals surface area contributed by atoms with E-state index in [0.717, 1.165) is 11.1 Å². The second-order valence-electron chi connectivity index (χ2n) is 6.51. The number of carbonyl (C=O) groups is 2. The van der Waals surface area contributed by atoms with Crippen molar-refractivity contribution in [1.82, 2.24) is 0 Å². The van der Waals surface area contributed by atoms with Gasteiger partial charge >= 0.3 is 5.97 Å². The van der Waals surface area contributed by atoms with Crippen LogP contribution in [0.25, 0.3) is 5.57 Å². The largest absolute Gasteiger partial charge is 0.497 e. The van der Waals surface area contributed by atoms with Crippen molar-refractivity contribution in [2.24, 2.45) is 5.92 Å².